The molecule has 6 heteroatoms. The van der Waals surface area contributed by atoms with Crippen molar-refractivity contribution in [1.29, 1.82) is 0 Å². The van der Waals surface area contributed by atoms with E-state index in [0.717, 1.165) is 17.4 Å². The summed E-state index contributed by atoms with van der Waals surface area (Å²) in [4.78, 5) is 8.44. The minimum Gasteiger partial charge on any atom is -0.340 e. The summed E-state index contributed by atoms with van der Waals surface area (Å²) in [6, 6.07) is 9.96. The summed E-state index contributed by atoms with van der Waals surface area (Å²) >= 11 is 11.8. The Morgan fingerprint density at radius 1 is 1.12 bits per heavy atom. The van der Waals surface area contributed by atoms with Crippen LogP contribution < -0.4 is 5.32 Å². The van der Waals surface area contributed by atoms with Crippen molar-refractivity contribution in [3.63, 3.8) is 0 Å². The van der Waals surface area contributed by atoms with E-state index in [1.807, 2.05) is 25.1 Å². The lowest BCUT2D eigenvalue weighted by molar-refractivity contribution is 0.628. The van der Waals surface area contributed by atoms with Crippen LogP contribution in [0.5, 0.6) is 0 Å². The highest BCUT2D eigenvalue weighted by atomic mass is 35.5. The summed E-state index contributed by atoms with van der Waals surface area (Å²) < 4.78 is 13.3. The van der Waals surface area contributed by atoms with Gasteiger partial charge >= 0.3 is 0 Å². The molecule has 0 fully saturated rings. The van der Waals surface area contributed by atoms with Crippen LogP contribution in [0.2, 0.25) is 10.3 Å². The summed E-state index contributed by atoms with van der Waals surface area (Å²) in [5, 5.41) is 4.01. The van der Waals surface area contributed by atoms with Crippen LogP contribution in [0.15, 0.2) is 36.4 Å². The summed E-state index contributed by atoms with van der Waals surface area (Å²) in [6.45, 7) is 1.99. The van der Waals surface area contributed by atoms with Gasteiger partial charge in [-0.3, -0.25) is 0 Å². The fourth-order valence-electron chi connectivity index (χ4n) is 2.17. The van der Waals surface area contributed by atoms with E-state index in [0.29, 0.717) is 17.0 Å². The topological polar surface area (TPSA) is 37.8 Å². The molecule has 0 radical (unpaired) electrons. The zero-order chi connectivity index (χ0) is 17.1. The molecule has 0 aliphatic heterocycles. The molecule has 3 aromatic rings. The van der Waals surface area contributed by atoms with Crippen LogP contribution in [-0.2, 0) is 0 Å². The van der Waals surface area contributed by atoms with Gasteiger partial charge in [0.15, 0.2) is 0 Å². The molecule has 0 amide bonds. The fourth-order valence-corrected chi connectivity index (χ4v) is 2.53. The predicted octanol–water partition coefficient (Wildman–Crippen LogP) is 5.58. The van der Waals surface area contributed by atoms with E-state index in [1.165, 1.54) is 12.1 Å². The third kappa shape index (κ3) is 3.59. The molecular formula is C18H12Cl2FN3. The first-order valence-electron chi connectivity index (χ1n) is 7.25. The molecule has 0 bridgehead atoms. The summed E-state index contributed by atoms with van der Waals surface area (Å²) in [6.07, 6.45) is 0.772. The second kappa shape index (κ2) is 7.04. The fraction of sp³-hybridized carbons (Fsp3) is 0.111. The van der Waals surface area contributed by atoms with Crippen molar-refractivity contribution < 1.29 is 4.39 Å². The van der Waals surface area contributed by atoms with E-state index >= 15 is 0 Å². The van der Waals surface area contributed by atoms with Crippen LogP contribution in [-0.4, -0.2) is 9.97 Å². The van der Waals surface area contributed by atoms with Gasteiger partial charge in [-0.2, -0.15) is 4.98 Å². The van der Waals surface area contributed by atoms with Crippen LogP contribution in [0, 0.1) is 17.7 Å². The SMILES string of the molecule is CCC#Cc1ccc2nc(Cl)nc(Nc3ccc(F)c(Cl)c3)c2c1. The number of benzene rings is 2. The van der Waals surface area contributed by atoms with Gasteiger partial charge in [0, 0.05) is 23.1 Å². The molecule has 1 N–H and O–H groups in total. The number of aromatic nitrogens is 2. The van der Waals surface area contributed by atoms with E-state index in [4.69, 9.17) is 23.2 Å². The van der Waals surface area contributed by atoms with E-state index in [-0.39, 0.29) is 10.3 Å². The molecule has 0 spiro atoms. The quantitative estimate of drug-likeness (QED) is 0.479. The molecule has 1 aromatic heterocycles. The number of halogens is 3. The van der Waals surface area contributed by atoms with Gasteiger partial charge in [-0.05, 0) is 48.0 Å². The molecule has 1 heterocycles. The number of nitrogens with one attached hydrogen (secondary N) is 1. The van der Waals surface area contributed by atoms with Gasteiger partial charge in [0.25, 0.3) is 0 Å². The third-order valence-corrected chi connectivity index (χ3v) is 3.72. The predicted molar refractivity (Wildman–Crippen MR) is 96.4 cm³/mol. The van der Waals surface area contributed by atoms with E-state index in [1.54, 1.807) is 6.07 Å². The summed E-state index contributed by atoms with van der Waals surface area (Å²) in [5.41, 5.74) is 2.14. The monoisotopic (exact) mass is 359 g/mol. The first-order chi connectivity index (χ1) is 11.6. The Bertz CT molecular complexity index is 977. The second-order valence-electron chi connectivity index (χ2n) is 4.98. The van der Waals surface area contributed by atoms with E-state index < -0.39 is 5.82 Å². The number of fused-ring (bicyclic) bond motifs is 1. The molecular weight excluding hydrogens is 348 g/mol. The molecule has 3 rings (SSSR count). The van der Waals surface area contributed by atoms with Crippen molar-refractivity contribution >= 4 is 45.6 Å². The summed E-state index contributed by atoms with van der Waals surface area (Å²) in [5.74, 6) is 6.12. The Morgan fingerprint density at radius 3 is 2.71 bits per heavy atom. The van der Waals surface area contributed by atoms with Gasteiger partial charge in [0.05, 0.1) is 10.5 Å². The highest BCUT2D eigenvalue weighted by Gasteiger charge is 2.09. The van der Waals surface area contributed by atoms with Crippen LogP contribution in [0.1, 0.15) is 18.9 Å². The molecule has 0 unspecified atom stereocenters. The number of hydrogen-bond donors (Lipinski definition) is 1. The third-order valence-electron chi connectivity index (χ3n) is 3.26. The standard InChI is InChI=1S/C18H12Cl2FN3/c1-2-3-4-11-5-8-16-13(9-11)17(24-18(20)23-16)22-12-6-7-15(21)14(19)10-12/h5-10H,2H2,1H3,(H,22,23,24). The van der Waals surface area contributed by atoms with Gasteiger partial charge in [0.2, 0.25) is 5.28 Å². The van der Waals surface area contributed by atoms with Gasteiger partial charge < -0.3 is 5.32 Å². The molecule has 0 aliphatic carbocycles. The average molecular weight is 360 g/mol. The first kappa shape index (κ1) is 16.5. The minimum absolute atomic E-state index is 0.0268. The number of anilines is 2. The Balaban J connectivity index is 2.09. The lowest BCUT2D eigenvalue weighted by atomic mass is 10.1. The maximum Gasteiger partial charge on any atom is 0.224 e. The number of nitrogens with zero attached hydrogens (tertiary/aromatic N) is 2. The van der Waals surface area contributed by atoms with Crippen LogP contribution >= 0.6 is 23.2 Å². The van der Waals surface area contributed by atoms with Crippen molar-refractivity contribution in [3.8, 4) is 11.8 Å². The highest BCUT2D eigenvalue weighted by molar-refractivity contribution is 6.31. The van der Waals surface area contributed by atoms with Crippen molar-refractivity contribution in [2.75, 3.05) is 5.32 Å². The van der Waals surface area contributed by atoms with Crippen molar-refractivity contribution in [3.05, 3.63) is 58.1 Å². The number of rotatable bonds is 2. The van der Waals surface area contributed by atoms with Crippen LogP contribution in [0.4, 0.5) is 15.9 Å². The molecule has 0 aliphatic rings. The van der Waals surface area contributed by atoms with Crippen molar-refractivity contribution in [2.24, 2.45) is 0 Å². The van der Waals surface area contributed by atoms with Crippen molar-refractivity contribution in [2.45, 2.75) is 13.3 Å². The zero-order valence-corrected chi connectivity index (χ0v) is 14.2. The van der Waals surface area contributed by atoms with Gasteiger partial charge in [0.1, 0.15) is 11.6 Å². The lowest BCUT2D eigenvalue weighted by Crippen LogP contribution is -1.98. The second-order valence-corrected chi connectivity index (χ2v) is 5.73. The molecule has 120 valence electrons. The number of hydrogen-bond acceptors (Lipinski definition) is 3. The Hall–Kier alpha value is -2.35. The Labute approximate surface area is 148 Å². The normalized spacial score (nSPS) is 10.3. The molecule has 0 atom stereocenters. The molecule has 24 heavy (non-hydrogen) atoms. The average Bonchev–Trinajstić information content (AvgIpc) is 2.56. The first-order valence-corrected chi connectivity index (χ1v) is 8.00. The van der Waals surface area contributed by atoms with Crippen LogP contribution in [0.3, 0.4) is 0 Å². The Morgan fingerprint density at radius 2 is 1.96 bits per heavy atom. The molecule has 0 saturated carbocycles. The van der Waals surface area contributed by atoms with Gasteiger partial charge in [-0.15, -0.1) is 0 Å². The lowest BCUT2D eigenvalue weighted by Gasteiger charge is -2.10. The summed E-state index contributed by atoms with van der Waals surface area (Å²) in [7, 11) is 0. The molecule has 2 aromatic carbocycles. The maximum absolute atomic E-state index is 13.3. The molecule has 0 saturated heterocycles. The largest absolute Gasteiger partial charge is 0.340 e. The van der Waals surface area contributed by atoms with Gasteiger partial charge in [-0.1, -0.05) is 30.4 Å². The zero-order valence-electron chi connectivity index (χ0n) is 12.7. The van der Waals surface area contributed by atoms with Gasteiger partial charge in [-0.25, -0.2) is 9.37 Å². The Kier molecular flexibility index (Phi) is 4.84. The van der Waals surface area contributed by atoms with Crippen molar-refractivity contribution in [1.82, 2.24) is 9.97 Å². The minimum atomic E-state index is -0.482. The molecule has 3 nitrogen and oxygen atoms in total. The van der Waals surface area contributed by atoms with Crippen LogP contribution in [0.25, 0.3) is 10.9 Å². The van der Waals surface area contributed by atoms with E-state index in [9.17, 15) is 4.39 Å². The maximum atomic E-state index is 13.3. The highest BCUT2D eigenvalue weighted by Crippen LogP contribution is 2.28. The van der Waals surface area contributed by atoms with E-state index in [2.05, 4.69) is 27.1 Å². The smallest absolute Gasteiger partial charge is 0.224 e.